The molecule has 7 nitrogen and oxygen atoms in total. The highest BCUT2D eigenvalue weighted by Gasteiger charge is 2.17. The van der Waals surface area contributed by atoms with Crippen LogP contribution < -0.4 is 14.8 Å². The smallest absolute Gasteiger partial charge is 0.303 e. The highest BCUT2D eigenvalue weighted by Crippen LogP contribution is 2.31. The number of nitrogens with one attached hydrogen (secondary N) is 1. The lowest BCUT2D eigenvalue weighted by Gasteiger charge is -2.14. The predicted molar refractivity (Wildman–Crippen MR) is 92.4 cm³/mol. The molecular weight excluding hydrogens is 326 g/mol. The van der Waals surface area contributed by atoms with Crippen LogP contribution in [0.15, 0.2) is 12.1 Å². The van der Waals surface area contributed by atoms with Crippen molar-refractivity contribution in [3.05, 3.63) is 23.3 Å². The molecule has 1 aromatic rings. The van der Waals surface area contributed by atoms with Gasteiger partial charge in [0.15, 0.2) is 17.3 Å². The molecule has 0 aromatic heterocycles. The molecule has 0 radical (unpaired) electrons. The second-order valence-electron chi connectivity index (χ2n) is 5.62. The highest BCUT2D eigenvalue weighted by molar-refractivity contribution is 5.98. The van der Waals surface area contributed by atoms with Gasteiger partial charge in [-0.3, -0.25) is 14.4 Å². The van der Waals surface area contributed by atoms with Crippen molar-refractivity contribution in [2.45, 2.75) is 39.0 Å². The minimum absolute atomic E-state index is 0.0502. The first-order valence-electron chi connectivity index (χ1n) is 8.13. The van der Waals surface area contributed by atoms with E-state index >= 15 is 0 Å². The molecule has 0 saturated carbocycles. The number of carboxylic acid groups (broad SMARTS) is 1. The molecule has 7 heteroatoms. The van der Waals surface area contributed by atoms with E-state index in [0.717, 1.165) is 5.56 Å². The van der Waals surface area contributed by atoms with Gasteiger partial charge in [-0.2, -0.15) is 0 Å². The van der Waals surface area contributed by atoms with E-state index in [-0.39, 0.29) is 24.5 Å². The summed E-state index contributed by atoms with van der Waals surface area (Å²) < 4.78 is 10.5. The Balaban J connectivity index is 2.93. The Morgan fingerprint density at radius 1 is 1.04 bits per heavy atom. The van der Waals surface area contributed by atoms with Gasteiger partial charge in [0.05, 0.1) is 14.2 Å². The fraction of sp³-hybridized carbons (Fsp3) is 0.500. The molecule has 0 unspecified atom stereocenters. The van der Waals surface area contributed by atoms with E-state index in [4.69, 9.17) is 14.6 Å². The van der Waals surface area contributed by atoms with Crippen LogP contribution in [-0.4, -0.2) is 43.5 Å². The first-order valence-corrected chi connectivity index (χ1v) is 8.13. The zero-order valence-corrected chi connectivity index (χ0v) is 14.9. The van der Waals surface area contributed by atoms with Crippen molar-refractivity contribution in [3.8, 4) is 11.5 Å². The lowest BCUT2D eigenvalue weighted by molar-refractivity contribution is -0.137. The number of Topliss-reactive ketones (excluding diaryl/α,β-unsaturated/α-hetero) is 1. The number of ketones is 1. The molecule has 0 spiro atoms. The number of carbonyl (C=O) groups is 3. The van der Waals surface area contributed by atoms with Crippen LogP contribution in [0.4, 0.5) is 0 Å². The van der Waals surface area contributed by atoms with Gasteiger partial charge in [0, 0.05) is 31.9 Å². The summed E-state index contributed by atoms with van der Waals surface area (Å²) in [5, 5.41) is 11.4. The molecule has 0 atom stereocenters. The minimum Gasteiger partial charge on any atom is -0.493 e. The number of rotatable bonds is 11. The summed E-state index contributed by atoms with van der Waals surface area (Å²) in [6.07, 6.45) is 1.75. The average Bonchev–Trinajstić information content (AvgIpc) is 2.57. The van der Waals surface area contributed by atoms with E-state index in [1.165, 1.54) is 21.1 Å². The first kappa shape index (κ1) is 20.5. The van der Waals surface area contributed by atoms with Crippen LogP contribution in [0.1, 0.15) is 48.5 Å². The summed E-state index contributed by atoms with van der Waals surface area (Å²) >= 11 is 0. The van der Waals surface area contributed by atoms with Gasteiger partial charge >= 0.3 is 5.97 Å². The van der Waals surface area contributed by atoms with Gasteiger partial charge in [-0.1, -0.05) is 0 Å². The molecule has 1 amide bonds. The number of hydrogen-bond donors (Lipinski definition) is 2. The topological polar surface area (TPSA) is 102 Å². The Kier molecular flexibility index (Phi) is 8.46. The summed E-state index contributed by atoms with van der Waals surface area (Å²) in [5.74, 6) is -0.108. The Morgan fingerprint density at radius 3 is 2.20 bits per heavy atom. The van der Waals surface area contributed by atoms with Crippen LogP contribution in [-0.2, 0) is 16.0 Å². The maximum atomic E-state index is 12.5. The lowest BCUT2D eigenvalue weighted by atomic mass is 9.96. The fourth-order valence-corrected chi connectivity index (χ4v) is 2.46. The number of carbonyl (C=O) groups excluding carboxylic acids is 2. The molecule has 0 aliphatic rings. The second kappa shape index (κ2) is 10.3. The molecule has 1 aromatic carbocycles. The lowest BCUT2D eigenvalue weighted by Crippen LogP contribution is -2.23. The van der Waals surface area contributed by atoms with Crippen LogP contribution in [0, 0.1) is 0 Å². The van der Waals surface area contributed by atoms with Crippen LogP contribution in [0.5, 0.6) is 11.5 Å². The normalized spacial score (nSPS) is 10.2. The number of methoxy groups -OCH3 is 2. The second-order valence-corrected chi connectivity index (χ2v) is 5.62. The van der Waals surface area contributed by atoms with E-state index in [9.17, 15) is 14.4 Å². The molecular formula is C18H25NO6. The van der Waals surface area contributed by atoms with E-state index in [0.29, 0.717) is 42.9 Å². The molecule has 0 fully saturated rings. The van der Waals surface area contributed by atoms with Crippen molar-refractivity contribution >= 4 is 17.7 Å². The number of unbranched alkanes of at least 4 members (excludes halogenated alkanes) is 1. The monoisotopic (exact) mass is 351 g/mol. The van der Waals surface area contributed by atoms with E-state index < -0.39 is 5.97 Å². The Morgan fingerprint density at radius 2 is 1.64 bits per heavy atom. The van der Waals surface area contributed by atoms with Crippen LogP contribution in [0.3, 0.4) is 0 Å². The zero-order chi connectivity index (χ0) is 18.8. The van der Waals surface area contributed by atoms with Gasteiger partial charge in [0.2, 0.25) is 5.91 Å². The summed E-state index contributed by atoms with van der Waals surface area (Å²) in [6, 6.07) is 3.38. The summed E-state index contributed by atoms with van der Waals surface area (Å²) in [5.41, 5.74) is 1.27. The number of hydrogen-bond acceptors (Lipinski definition) is 5. The molecule has 0 aliphatic heterocycles. The van der Waals surface area contributed by atoms with Crippen molar-refractivity contribution in [3.63, 3.8) is 0 Å². The minimum atomic E-state index is -0.866. The van der Waals surface area contributed by atoms with Gasteiger partial charge in [-0.05, 0) is 37.0 Å². The number of amides is 1. The van der Waals surface area contributed by atoms with Crippen molar-refractivity contribution in [2.24, 2.45) is 0 Å². The van der Waals surface area contributed by atoms with Crippen molar-refractivity contribution in [1.29, 1.82) is 0 Å². The van der Waals surface area contributed by atoms with Gasteiger partial charge < -0.3 is 19.9 Å². The van der Waals surface area contributed by atoms with Crippen molar-refractivity contribution < 1.29 is 29.0 Å². The van der Waals surface area contributed by atoms with E-state index in [1.54, 1.807) is 12.1 Å². The summed E-state index contributed by atoms with van der Waals surface area (Å²) in [7, 11) is 3.01. The Labute approximate surface area is 147 Å². The quantitative estimate of drug-likeness (QED) is 0.468. The third kappa shape index (κ3) is 6.82. The Hall–Kier alpha value is -2.57. The third-order valence-corrected chi connectivity index (χ3v) is 3.72. The summed E-state index contributed by atoms with van der Waals surface area (Å²) in [6.45, 7) is 1.84. The maximum Gasteiger partial charge on any atom is 0.303 e. The summed E-state index contributed by atoms with van der Waals surface area (Å²) in [4.78, 5) is 34.1. The molecule has 138 valence electrons. The van der Waals surface area contributed by atoms with Gasteiger partial charge in [0.1, 0.15) is 0 Å². The standard InChI is InChI=1S/C18H25NO6/c1-12(20)19-9-8-13-10-16(24-2)17(25-3)11-14(13)15(21)6-4-5-7-18(22)23/h10-11H,4-9H2,1-3H3,(H,19,20)(H,22,23). The van der Waals surface area contributed by atoms with Gasteiger partial charge in [0.25, 0.3) is 0 Å². The maximum absolute atomic E-state index is 12.5. The van der Waals surface area contributed by atoms with E-state index in [2.05, 4.69) is 5.32 Å². The number of benzene rings is 1. The van der Waals surface area contributed by atoms with Gasteiger partial charge in [-0.25, -0.2) is 0 Å². The van der Waals surface area contributed by atoms with Gasteiger partial charge in [-0.15, -0.1) is 0 Å². The van der Waals surface area contributed by atoms with Crippen LogP contribution in [0.2, 0.25) is 0 Å². The number of carboxylic acids is 1. The predicted octanol–water partition coefficient (Wildman–Crippen LogP) is 2.21. The third-order valence-electron chi connectivity index (χ3n) is 3.72. The largest absolute Gasteiger partial charge is 0.493 e. The number of aliphatic carboxylic acids is 1. The molecule has 1 rings (SSSR count). The highest BCUT2D eigenvalue weighted by atomic mass is 16.5. The van der Waals surface area contributed by atoms with Crippen LogP contribution in [0.25, 0.3) is 0 Å². The molecule has 25 heavy (non-hydrogen) atoms. The molecule has 0 bridgehead atoms. The zero-order valence-electron chi connectivity index (χ0n) is 14.9. The Bertz CT molecular complexity index is 626. The average molecular weight is 351 g/mol. The SMILES string of the molecule is COc1cc(CCNC(C)=O)c(C(=O)CCCCC(=O)O)cc1OC. The molecule has 0 heterocycles. The van der Waals surface area contributed by atoms with E-state index in [1.807, 2.05) is 0 Å². The van der Waals surface area contributed by atoms with Crippen molar-refractivity contribution in [1.82, 2.24) is 5.32 Å². The molecule has 0 aliphatic carbocycles. The van der Waals surface area contributed by atoms with Crippen LogP contribution >= 0.6 is 0 Å². The fourth-order valence-electron chi connectivity index (χ4n) is 2.46. The first-order chi connectivity index (χ1) is 11.9. The molecule has 2 N–H and O–H groups in total. The number of ether oxygens (including phenoxy) is 2. The van der Waals surface area contributed by atoms with Crippen molar-refractivity contribution in [2.75, 3.05) is 20.8 Å². The molecule has 0 saturated heterocycles.